The van der Waals surface area contributed by atoms with Gasteiger partial charge in [-0.1, -0.05) is 19.9 Å². The normalized spacial score (nSPS) is 19.1. The molecule has 0 radical (unpaired) electrons. The third-order valence-electron chi connectivity index (χ3n) is 4.02. The number of aromatic hydroxyl groups is 1. The van der Waals surface area contributed by atoms with Gasteiger partial charge in [-0.25, -0.2) is 0 Å². The first-order chi connectivity index (χ1) is 9.37. The molecule has 2 N–H and O–H groups in total. The Labute approximate surface area is 123 Å². The first kappa shape index (κ1) is 15.3. The van der Waals surface area contributed by atoms with Gasteiger partial charge in [-0.15, -0.1) is 0 Å². The van der Waals surface area contributed by atoms with Gasteiger partial charge < -0.3 is 15.3 Å². The van der Waals surface area contributed by atoms with E-state index in [2.05, 4.69) is 44.2 Å². The van der Waals surface area contributed by atoms with E-state index in [0.29, 0.717) is 11.8 Å². The van der Waals surface area contributed by atoms with Crippen molar-refractivity contribution in [1.29, 1.82) is 0 Å². The summed E-state index contributed by atoms with van der Waals surface area (Å²) in [5.74, 6) is 0.380. The van der Waals surface area contributed by atoms with Crippen LogP contribution in [0.4, 0.5) is 0 Å². The third-order valence-corrected chi connectivity index (χ3v) is 4.02. The molecule has 0 saturated carbocycles. The highest BCUT2D eigenvalue weighted by atomic mass is 16.3. The van der Waals surface area contributed by atoms with Crippen LogP contribution in [0.2, 0.25) is 0 Å². The lowest BCUT2D eigenvalue weighted by Crippen LogP contribution is -2.39. The van der Waals surface area contributed by atoms with Crippen molar-refractivity contribution in [3.63, 3.8) is 0 Å². The highest BCUT2D eigenvalue weighted by Gasteiger charge is 2.24. The van der Waals surface area contributed by atoms with E-state index in [4.69, 9.17) is 0 Å². The Morgan fingerprint density at radius 3 is 2.80 bits per heavy atom. The Balaban J connectivity index is 2.03. The number of nitrogens with zero attached hydrogens (tertiary/aromatic N) is 1. The molecule has 0 bridgehead atoms. The summed E-state index contributed by atoms with van der Waals surface area (Å²) in [7, 11) is 4.24. The highest BCUT2D eigenvalue weighted by Crippen LogP contribution is 2.32. The van der Waals surface area contributed by atoms with Crippen molar-refractivity contribution >= 4 is 0 Å². The summed E-state index contributed by atoms with van der Waals surface area (Å²) in [5.41, 5.74) is 2.92. The Hall–Kier alpha value is -1.06. The largest absolute Gasteiger partial charge is 0.508 e. The van der Waals surface area contributed by atoms with Crippen LogP contribution in [0, 0.1) is 5.41 Å². The molecule has 0 amide bonds. The predicted molar refractivity (Wildman–Crippen MR) is 84.1 cm³/mol. The number of aryl methyl sites for hydroxylation is 1. The molecular formula is C17H28N2O. The minimum Gasteiger partial charge on any atom is -0.508 e. The molecule has 1 aromatic rings. The summed E-state index contributed by atoms with van der Waals surface area (Å²) in [6, 6.07) is 6.19. The fourth-order valence-corrected chi connectivity index (χ4v) is 3.31. The van der Waals surface area contributed by atoms with Gasteiger partial charge in [0.1, 0.15) is 5.75 Å². The highest BCUT2D eigenvalue weighted by molar-refractivity contribution is 5.38. The summed E-state index contributed by atoms with van der Waals surface area (Å²) in [6.07, 6.45) is 3.52. The number of nitrogens with one attached hydrogen (secondary N) is 1. The molecule has 1 aliphatic rings. The molecule has 1 unspecified atom stereocenters. The summed E-state index contributed by atoms with van der Waals surface area (Å²) in [5, 5.41) is 13.4. The van der Waals surface area contributed by atoms with Crippen LogP contribution in [-0.4, -0.2) is 37.2 Å². The van der Waals surface area contributed by atoms with Gasteiger partial charge in [0.15, 0.2) is 0 Å². The van der Waals surface area contributed by atoms with Crippen LogP contribution in [-0.2, 0) is 6.42 Å². The number of rotatable bonds is 5. The molecule has 1 atom stereocenters. The number of phenolic OH excluding ortho intramolecular Hbond substituents is 1. The molecule has 0 aromatic heterocycles. The van der Waals surface area contributed by atoms with Crippen LogP contribution in [0.3, 0.4) is 0 Å². The van der Waals surface area contributed by atoms with Crippen LogP contribution in [0.25, 0.3) is 0 Å². The molecule has 20 heavy (non-hydrogen) atoms. The minimum absolute atomic E-state index is 0.248. The number of hydrogen-bond donors (Lipinski definition) is 2. The molecule has 0 spiro atoms. The monoisotopic (exact) mass is 276 g/mol. The molecule has 0 saturated heterocycles. The summed E-state index contributed by atoms with van der Waals surface area (Å²) in [6.45, 7) is 6.66. The topological polar surface area (TPSA) is 35.5 Å². The molecule has 0 heterocycles. The maximum Gasteiger partial charge on any atom is 0.115 e. The average molecular weight is 276 g/mol. The third kappa shape index (κ3) is 3.97. The van der Waals surface area contributed by atoms with Crippen LogP contribution in [0.1, 0.15) is 43.9 Å². The summed E-state index contributed by atoms with van der Waals surface area (Å²) < 4.78 is 0. The Bertz CT molecular complexity index is 454. The fraction of sp³-hybridized carbons (Fsp3) is 0.647. The van der Waals surface area contributed by atoms with Crippen LogP contribution in [0.5, 0.6) is 5.75 Å². The van der Waals surface area contributed by atoms with Crippen molar-refractivity contribution in [1.82, 2.24) is 10.2 Å². The van der Waals surface area contributed by atoms with E-state index < -0.39 is 0 Å². The molecule has 1 aliphatic carbocycles. The van der Waals surface area contributed by atoms with E-state index >= 15 is 0 Å². The Morgan fingerprint density at radius 1 is 1.35 bits per heavy atom. The van der Waals surface area contributed by atoms with Crippen molar-refractivity contribution in [2.24, 2.45) is 5.41 Å². The van der Waals surface area contributed by atoms with Gasteiger partial charge in [-0.05, 0) is 62.0 Å². The van der Waals surface area contributed by atoms with E-state index in [1.54, 1.807) is 6.07 Å². The Morgan fingerprint density at radius 2 is 2.10 bits per heavy atom. The molecular weight excluding hydrogens is 248 g/mol. The predicted octanol–water partition coefficient (Wildman–Crippen LogP) is 2.95. The van der Waals surface area contributed by atoms with Gasteiger partial charge in [-0.2, -0.15) is 0 Å². The first-order valence-electron chi connectivity index (χ1n) is 7.57. The summed E-state index contributed by atoms with van der Waals surface area (Å²) in [4.78, 5) is 2.24. The van der Waals surface area contributed by atoms with Crippen molar-refractivity contribution < 1.29 is 5.11 Å². The van der Waals surface area contributed by atoms with Gasteiger partial charge in [-0.3, -0.25) is 0 Å². The first-order valence-corrected chi connectivity index (χ1v) is 7.57. The van der Waals surface area contributed by atoms with Crippen LogP contribution in [0.15, 0.2) is 18.2 Å². The van der Waals surface area contributed by atoms with Crippen LogP contribution >= 0.6 is 0 Å². The number of fused-ring (bicyclic) bond motifs is 1. The lowest BCUT2D eigenvalue weighted by atomic mass is 9.86. The van der Waals surface area contributed by atoms with E-state index in [9.17, 15) is 5.11 Å². The van der Waals surface area contributed by atoms with Crippen molar-refractivity contribution in [3.8, 4) is 5.75 Å². The van der Waals surface area contributed by atoms with Gasteiger partial charge in [0, 0.05) is 19.1 Å². The average Bonchev–Trinajstić information content (AvgIpc) is 2.35. The van der Waals surface area contributed by atoms with E-state index in [0.717, 1.165) is 25.9 Å². The van der Waals surface area contributed by atoms with E-state index in [1.165, 1.54) is 17.5 Å². The molecule has 3 heteroatoms. The SMILES string of the molecule is CN(C)CC(C)(C)CNC1CCCc2ccc(O)cc21. The molecule has 0 aliphatic heterocycles. The molecule has 0 fully saturated rings. The number of benzene rings is 1. The van der Waals surface area contributed by atoms with Gasteiger partial charge in [0.2, 0.25) is 0 Å². The maximum absolute atomic E-state index is 9.72. The van der Waals surface area contributed by atoms with Gasteiger partial charge >= 0.3 is 0 Å². The van der Waals surface area contributed by atoms with Crippen molar-refractivity contribution in [2.45, 2.75) is 39.2 Å². The molecule has 2 rings (SSSR count). The lowest BCUT2D eigenvalue weighted by Gasteiger charge is -2.33. The molecule has 1 aromatic carbocycles. The molecule has 3 nitrogen and oxygen atoms in total. The fourth-order valence-electron chi connectivity index (χ4n) is 3.31. The zero-order valence-electron chi connectivity index (χ0n) is 13.2. The smallest absolute Gasteiger partial charge is 0.115 e. The zero-order chi connectivity index (χ0) is 14.8. The second-order valence-electron chi connectivity index (χ2n) is 7.11. The maximum atomic E-state index is 9.72. The van der Waals surface area contributed by atoms with E-state index in [-0.39, 0.29) is 5.41 Å². The zero-order valence-corrected chi connectivity index (χ0v) is 13.2. The van der Waals surface area contributed by atoms with Crippen LogP contribution < -0.4 is 5.32 Å². The summed E-state index contributed by atoms with van der Waals surface area (Å²) >= 11 is 0. The van der Waals surface area contributed by atoms with Crippen molar-refractivity contribution in [3.05, 3.63) is 29.3 Å². The number of hydrogen-bond acceptors (Lipinski definition) is 3. The van der Waals surface area contributed by atoms with Crippen molar-refractivity contribution in [2.75, 3.05) is 27.2 Å². The quantitative estimate of drug-likeness (QED) is 0.868. The second-order valence-corrected chi connectivity index (χ2v) is 7.11. The van der Waals surface area contributed by atoms with Gasteiger partial charge in [0.05, 0.1) is 0 Å². The standard InChI is InChI=1S/C17H28N2O/c1-17(2,12-19(3)4)11-18-16-7-5-6-13-8-9-14(20)10-15(13)16/h8-10,16,18,20H,5-7,11-12H2,1-4H3. The minimum atomic E-state index is 0.248. The second kappa shape index (κ2) is 6.15. The van der Waals surface area contributed by atoms with Gasteiger partial charge in [0.25, 0.3) is 0 Å². The number of phenols is 1. The van der Waals surface area contributed by atoms with E-state index in [1.807, 2.05) is 6.07 Å². The Kier molecular flexibility index (Phi) is 4.71. The lowest BCUT2D eigenvalue weighted by molar-refractivity contribution is 0.222. The molecule has 112 valence electrons.